The summed E-state index contributed by atoms with van der Waals surface area (Å²) in [7, 11) is 0. The molecular weight excluding hydrogens is 210 g/mol. The predicted molar refractivity (Wildman–Crippen MR) is 62.4 cm³/mol. The molecule has 1 aromatic heterocycles. The van der Waals surface area contributed by atoms with Crippen molar-refractivity contribution in [2.24, 2.45) is 5.92 Å². The fourth-order valence-electron chi connectivity index (χ4n) is 1.52. The molecule has 1 heterocycles. The first kappa shape index (κ1) is 10.7. The van der Waals surface area contributed by atoms with Crippen LogP contribution in [0, 0.1) is 19.8 Å². The molecular formula is C11H16ClN3. The third kappa shape index (κ3) is 2.81. The van der Waals surface area contributed by atoms with Gasteiger partial charge in [-0.25, -0.2) is 4.98 Å². The molecule has 15 heavy (non-hydrogen) atoms. The molecule has 1 aliphatic rings. The minimum Gasteiger partial charge on any atom is -0.367 e. The quantitative estimate of drug-likeness (QED) is 0.801. The molecule has 1 aliphatic carbocycles. The SMILES string of the molecule is Cc1cnc(C)c(NCC(Cl)C2CC2)n1. The highest BCUT2D eigenvalue weighted by molar-refractivity contribution is 6.21. The first-order valence-electron chi connectivity index (χ1n) is 5.35. The summed E-state index contributed by atoms with van der Waals surface area (Å²) in [5.74, 6) is 1.57. The Hall–Kier alpha value is -0.830. The maximum atomic E-state index is 6.21. The molecule has 0 aromatic carbocycles. The Morgan fingerprint density at radius 3 is 2.93 bits per heavy atom. The van der Waals surface area contributed by atoms with Gasteiger partial charge in [-0.05, 0) is 32.6 Å². The van der Waals surface area contributed by atoms with Crippen LogP contribution in [0.4, 0.5) is 5.82 Å². The molecule has 1 atom stereocenters. The molecule has 1 N–H and O–H groups in total. The van der Waals surface area contributed by atoms with E-state index in [0.29, 0.717) is 5.92 Å². The number of alkyl halides is 1. The number of nitrogens with zero attached hydrogens (tertiary/aromatic N) is 2. The van der Waals surface area contributed by atoms with Gasteiger partial charge in [0, 0.05) is 12.7 Å². The standard InChI is InChI=1S/C11H16ClN3/c1-7-5-13-8(2)11(15-7)14-6-10(12)9-3-4-9/h5,9-10H,3-4,6H2,1-2H3,(H,14,15). The molecule has 0 saturated heterocycles. The summed E-state index contributed by atoms with van der Waals surface area (Å²) in [5.41, 5.74) is 1.86. The van der Waals surface area contributed by atoms with Crippen molar-refractivity contribution in [2.45, 2.75) is 32.1 Å². The van der Waals surface area contributed by atoms with Crippen LogP contribution in [0.2, 0.25) is 0 Å². The molecule has 3 nitrogen and oxygen atoms in total. The van der Waals surface area contributed by atoms with E-state index < -0.39 is 0 Å². The fraction of sp³-hybridized carbons (Fsp3) is 0.636. The Labute approximate surface area is 95.3 Å². The monoisotopic (exact) mass is 225 g/mol. The number of hydrogen-bond donors (Lipinski definition) is 1. The van der Waals surface area contributed by atoms with Gasteiger partial charge >= 0.3 is 0 Å². The molecule has 82 valence electrons. The fourth-order valence-corrected chi connectivity index (χ4v) is 1.85. The summed E-state index contributed by atoms with van der Waals surface area (Å²) >= 11 is 6.21. The van der Waals surface area contributed by atoms with Gasteiger partial charge < -0.3 is 5.32 Å². The zero-order chi connectivity index (χ0) is 10.8. The second kappa shape index (κ2) is 4.35. The van der Waals surface area contributed by atoms with Gasteiger partial charge in [-0.2, -0.15) is 0 Å². The molecule has 4 heteroatoms. The van der Waals surface area contributed by atoms with Gasteiger partial charge in [0.05, 0.1) is 16.8 Å². The van der Waals surface area contributed by atoms with E-state index in [1.807, 2.05) is 13.8 Å². The summed E-state index contributed by atoms with van der Waals surface area (Å²) in [6.07, 6.45) is 4.32. The first-order valence-corrected chi connectivity index (χ1v) is 5.78. The van der Waals surface area contributed by atoms with Crippen molar-refractivity contribution in [1.82, 2.24) is 9.97 Å². The molecule has 0 aliphatic heterocycles. The summed E-state index contributed by atoms with van der Waals surface area (Å²) in [6, 6.07) is 0. The lowest BCUT2D eigenvalue weighted by molar-refractivity contribution is 0.766. The third-order valence-electron chi connectivity index (χ3n) is 2.67. The maximum Gasteiger partial charge on any atom is 0.147 e. The molecule has 1 unspecified atom stereocenters. The van der Waals surface area contributed by atoms with E-state index in [1.54, 1.807) is 6.20 Å². The third-order valence-corrected chi connectivity index (χ3v) is 3.18. The van der Waals surface area contributed by atoms with Crippen LogP contribution in [0.25, 0.3) is 0 Å². The Bertz CT molecular complexity index is 350. The van der Waals surface area contributed by atoms with E-state index in [2.05, 4.69) is 15.3 Å². The highest BCUT2D eigenvalue weighted by Crippen LogP contribution is 2.35. The minimum absolute atomic E-state index is 0.228. The van der Waals surface area contributed by atoms with E-state index in [1.165, 1.54) is 12.8 Å². The van der Waals surface area contributed by atoms with Gasteiger partial charge in [-0.15, -0.1) is 11.6 Å². The number of nitrogens with one attached hydrogen (secondary N) is 1. The van der Waals surface area contributed by atoms with E-state index >= 15 is 0 Å². The van der Waals surface area contributed by atoms with Crippen molar-refractivity contribution in [2.75, 3.05) is 11.9 Å². The van der Waals surface area contributed by atoms with Gasteiger partial charge in [0.1, 0.15) is 5.82 Å². The van der Waals surface area contributed by atoms with Crippen molar-refractivity contribution in [1.29, 1.82) is 0 Å². The van der Waals surface area contributed by atoms with Gasteiger partial charge in [-0.3, -0.25) is 4.98 Å². The Kier molecular flexibility index (Phi) is 3.10. The van der Waals surface area contributed by atoms with E-state index in [0.717, 1.165) is 23.8 Å². The predicted octanol–water partition coefficient (Wildman–Crippen LogP) is 2.52. The van der Waals surface area contributed by atoms with Gasteiger partial charge in [0.15, 0.2) is 0 Å². The minimum atomic E-state index is 0.228. The molecule has 0 bridgehead atoms. The van der Waals surface area contributed by atoms with Crippen molar-refractivity contribution in [3.8, 4) is 0 Å². The van der Waals surface area contributed by atoms with Crippen molar-refractivity contribution >= 4 is 17.4 Å². The topological polar surface area (TPSA) is 37.8 Å². The van der Waals surface area contributed by atoms with Gasteiger partial charge in [0.2, 0.25) is 0 Å². The van der Waals surface area contributed by atoms with Crippen LogP contribution in [-0.2, 0) is 0 Å². The second-order valence-electron chi connectivity index (χ2n) is 4.18. The average Bonchev–Trinajstić information content (AvgIpc) is 3.02. The van der Waals surface area contributed by atoms with Crippen LogP contribution in [0.5, 0.6) is 0 Å². The Balaban J connectivity index is 1.94. The first-order chi connectivity index (χ1) is 7.16. The largest absolute Gasteiger partial charge is 0.367 e. The second-order valence-corrected chi connectivity index (χ2v) is 4.74. The summed E-state index contributed by atoms with van der Waals surface area (Å²) in [4.78, 5) is 8.64. The van der Waals surface area contributed by atoms with Gasteiger partial charge in [-0.1, -0.05) is 0 Å². The van der Waals surface area contributed by atoms with Crippen LogP contribution in [-0.4, -0.2) is 21.9 Å². The molecule has 1 aromatic rings. The molecule has 1 saturated carbocycles. The normalized spacial score (nSPS) is 17.5. The summed E-state index contributed by atoms with van der Waals surface area (Å²) in [5, 5.41) is 3.50. The zero-order valence-electron chi connectivity index (χ0n) is 9.13. The van der Waals surface area contributed by atoms with E-state index in [4.69, 9.17) is 11.6 Å². The van der Waals surface area contributed by atoms with Crippen molar-refractivity contribution < 1.29 is 0 Å². The Morgan fingerprint density at radius 1 is 1.53 bits per heavy atom. The van der Waals surface area contributed by atoms with E-state index in [-0.39, 0.29) is 5.38 Å². The summed E-state index contributed by atoms with van der Waals surface area (Å²) < 4.78 is 0. The van der Waals surface area contributed by atoms with E-state index in [9.17, 15) is 0 Å². The molecule has 2 rings (SSSR count). The van der Waals surface area contributed by atoms with Crippen molar-refractivity contribution in [3.63, 3.8) is 0 Å². The van der Waals surface area contributed by atoms with Crippen LogP contribution >= 0.6 is 11.6 Å². The van der Waals surface area contributed by atoms with Crippen LogP contribution in [0.15, 0.2) is 6.20 Å². The lowest BCUT2D eigenvalue weighted by Crippen LogP contribution is -2.17. The number of aromatic nitrogens is 2. The lowest BCUT2D eigenvalue weighted by atomic mass is 10.3. The number of anilines is 1. The van der Waals surface area contributed by atoms with Crippen molar-refractivity contribution in [3.05, 3.63) is 17.6 Å². The molecule has 1 fully saturated rings. The summed E-state index contributed by atoms with van der Waals surface area (Å²) in [6.45, 7) is 4.68. The maximum absolute atomic E-state index is 6.21. The number of aryl methyl sites for hydroxylation is 2. The number of halogens is 1. The molecule has 0 amide bonds. The van der Waals surface area contributed by atoms with Crippen LogP contribution in [0.3, 0.4) is 0 Å². The number of rotatable bonds is 4. The Morgan fingerprint density at radius 2 is 2.27 bits per heavy atom. The van der Waals surface area contributed by atoms with Gasteiger partial charge in [0.25, 0.3) is 0 Å². The molecule has 0 spiro atoms. The average molecular weight is 226 g/mol. The lowest BCUT2D eigenvalue weighted by Gasteiger charge is -2.11. The van der Waals surface area contributed by atoms with Crippen LogP contribution in [0.1, 0.15) is 24.2 Å². The zero-order valence-corrected chi connectivity index (χ0v) is 9.88. The van der Waals surface area contributed by atoms with Crippen LogP contribution < -0.4 is 5.32 Å². The number of hydrogen-bond acceptors (Lipinski definition) is 3. The molecule has 0 radical (unpaired) electrons. The smallest absolute Gasteiger partial charge is 0.147 e. The highest BCUT2D eigenvalue weighted by Gasteiger charge is 2.29. The highest BCUT2D eigenvalue weighted by atomic mass is 35.5.